The second kappa shape index (κ2) is 9.46. The summed E-state index contributed by atoms with van der Waals surface area (Å²) < 4.78 is 5.49. The fraction of sp³-hybridized carbons (Fsp3) is 0.179. The van der Waals surface area contributed by atoms with E-state index in [9.17, 15) is 19.5 Å². The quantitative estimate of drug-likeness (QED) is 0.524. The number of ether oxygens (including phenoxy) is 1. The minimum atomic E-state index is -1.03. The van der Waals surface area contributed by atoms with Crippen LogP contribution in [0.25, 0.3) is 11.1 Å². The monoisotopic (exact) mass is 468 g/mol. The molecule has 0 aromatic heterocycles. The van der Waals surface area contributed by atoms with E-state index in [4.69, 9.17) is 4.74 Å². The number of carbonyl (C=O) groups excluding carboxylic acids is 2. The Balaban J connectivity index is 1.14. The van der Waals surface area contributed by atoms with E-state index in [1.807, 2.05) is 24.3 Å². The van der Waals surface area contributed by atoms with Gasteiger partial charge in [-0.2, -0.15) is 0 Å². The Hall–Kier alpha value is -4.39. The number of carbonyl (C=O) groups is 3. The van der Waals surface area contributed by atoms with E-state index in [2.05, 4.69) is 29.6 Å². The van der Waals surface area contributed by atoms with Crippen LogP contribution in [0.2, 0.25) is 0 Å². The predicted octanol–water partition coefficient (Wildman–Crippen LogP) is 4.37. The number of anilines is 1. The van der Waals surface area contributed by atoms with E-state index < -0.39 is 12.1 Å². The summed E-state index contributed by atoms with van der Waals surface area (Å²) in [6.45, 7) is 0.846. The summed E-state index contributed by atoms with van der Waals surface area (Å²) >= 11 is 0. The number of hydrogen-bond acceptors (Lipinski definition) is 4. The Morgan fingerprint density at radius 1 is 1.00 bits per heavy atom. The van der Waals surface area contributed by atoms with E-state index in [0.29, 0.717) is 18.7 Å². The molecule has 2 aliphatic rings. The Kier molecular flexibility index (Phi) is 6.06. The summed E-state index contributed by atoms with van der Waals surface area (Å²) in [4.78, 5) is 37.7. The maximum Gasteiger partial charge on any atom is 0.407 e. The van der Waals surface area contributed by atoms with Gasteiger partial charge in [0.2, 0.25) is 0 Å². The van der Waals surface area contributed by atoms with Crippen molar-refractivity contribution in [2.75, 3.05) is 24.6 Å². The molecule has 5 rings (SSSR count). The molecule has 1 aliphatic carbocycles. The molecule has 2 N–H and O–H groups in total. The number of benzene rings is 3. The van der Waals surface area contributed by atoms with Crippen molar-refractivity contribution in [2.45, 2.75) is 12.3 Å². The van der Waals surface area contributed by atoms with Crippen molar-refractivity contribution in [1.29, 1.82) is 0 Å². The molecule has 7 nitrogen and oxygen atoms in total. The molecule has 0 saturated carbocycles. The average Bonchev–Trinajstić information content (AvgIpc) is 3.44. The Bertz CT molecular complexity index is 1300. The highest BCUT2D eigenvalue weighted by Crippen LogP contribution is 2.44. The SMILES string of the molecule is O=C(NC/C=C/C(=O)N1CCc2ccc(C(=O)O)cc21)OCC1c2ccccc2-c2ccccc21. The lowest BCUT2D eigenvalue weighted by Crippen LogP contribution is -2.28. The van der Waals surface area contributed by atoms with E-state index in [1.54, 1.807) is 23.1 Å². The number of fused-ring (bicyclic) bond motifs is 4. The number of carboxylic acids is 1. The molecule has 2 amide bonds. The molecule has 35 heavy (non-hydrogen) atoms. The normalized spacial score (nSPS) is 13.9. The molecule has 0 atom stereocenters. The number of aromatic carboxylic acids is 1. The zero-order valence-corrected chi connectivity index (χ0v) is 18.9. The van der Waals surface area contributed by atoms with Gasteiger partial charge in [-0.3, -0.25) is 4.79 Å². The van der Waals surface area contributed by atoms with E-state index in [1.165, 1.54) is 12.1 Å². The number of rotatable bonds is 6. The third-order valence-electron chi connectivity index (χ3n) is 6.46. The topological polar surface area (TPSA) is 95.9 Å². The highest BCUT2D eigenvalue weighted by atomic mass is 16.5. The Labute approximate surface area is 202 Å². The van der Waals surface area contributed by atoms with Crippen LogP contribution >= 0.6 is 0 Å². The molecule has 0 bridgehead atoms. The van der Waals surface area contributed by atoms with Gasteiger partial charge >= 0.3 is 12.1 Å². The lowest BCUT2D eigenvalue weighted by atomic mass is 9.98. The van der Waals surface area contributed by atoms with Gasteiger partial charge in [0, 0.05) is 30.8 Å². The van der Waals surface area contributed by atoms with Gasteiger partial charge in [0.1, 0.15) is 6.61 Å². The van der Waals surface area contributed by atoms with Gasteiger partial charge in [-0.25, -0.2) is 9.59 Å². The molecule has 0 fully saturated rings. The lowest BCUT2D eigenvalue weighted by molar-refractivity contribution is -0.114. The fourth-order valence-electron chi connectivity index (χ4n) is 4.78. The Morgan fingerprint density at radius 3 is 2.37 bits per heavy atom. The Morgan fingerprint density at radius 2 is 1.69 bits per heavy atom. The van der Waals surface area contributed by atoms with Crippen LogP contribution in [0.5, 0.6) is 0 Å². The zero-order chi connectivity index (χ0) is 24.4. The average molecular weight is 469 g/mol. The van der Waals surface area contributed by atoms with Crippen LogP contribution in [0.15, 0.2) is 78.9 Å². The standard InChI is InChI=1S/C28H24N2O5/c31-26(30-15-13-18-11-12-19(27(32)33)16-25(18)30)10-5-14-29-28(34)35-17-24-22-8-3-1-6-20(22)21-7-2-4-9-23(21)24/h1-12,16,24H,13-15,17H2,(H,29,34)(H,32,33)/b10-5+. The van der Waals surface area contributed by atoms with Crippen molar-refractivity contribution in [3.8, 4) is 11.1 Å². The smallest absolute Gasteiger partial charge is 0.407 e. The molecule has 1 heterocycles. The van der Waals surface area contributed by atoms with Crippen molar-refractivity contribution < 1.29 is 24.2 Å². The highest BCUT2D eigenvalue weighted by Gasteiger charge is 2.29. The first kappa shape index (κ1) is 22.4. The molecule has 0 spiro atoms. The predicted molar refractivity (Wildman–Crippen MR) is 132 cm³/mol. The number of nitrogens with zero attached hydrogens (tertiary/aromatic N) is 1. The third-order valence-corrected chi connectivity index (χ3v) is 6.46. The zero-order valence-electron chi connectivity index (χ0n) is 18.9. The van der Waals surface area contributed by atoms with Crippen LogP contribution in [-0.4, -0.2) is 42.8 Å². The van der Waals surface area contributed by atoms with Crippen LogP contribution in [0.4, 0.5) is 10.5 Å². The summed E-state index contributed by atoms with van der Waals surface area (Å²) in [5.41, 5.74) is 6.31. The minimum Gasteiger partial charge on any atom is -0.478 e. The number of amides is 2. The third kappa shape index (κ3) is 4.40. The maximum atomic E-state index is 12.6. The number of hydrogen-bond donors (Lipinski definition) is 2. The van der Waals surface area contributed by atoms with Crippen molar-refractivity contribution in [3.05, 3.63) is 101 Å². The fourth-order valence-corrected chi connectivity index (χ4v) is 4.78. The summed E-state index contributed by atoms with van der Waals surface area (Å²) in [5.74, 6) is -1.31. The number of nitrogens with one attached hydrogen (secondary N) is 1. The van der Waals surface area contributed by atoms with Crippen molar-refractivity contribution >= 4 is 23.7 Å². The molecule has 1 aliphatic heterocycles. The van der Waals surface area contributed by atoms with Crippen molar-refractivity contribution in [1.82, 2.24) is 5.32 Å². The highest BCUT2D eigenvalue weighted by molar-refractivity contribution is 6.03. The van der Waals surface area contributed by atoms with Gasteiger partial charge < -0.3 is 20.1 Å². The second-order valence-electron chi connectivity index (χ2n) is 8.50. The van der Waals surface area contributed by atoms with E-state index in [-0.39, 0.29) is 30.5 Å². The molecule has 3 aromatic carbocycles. The van der Waals surface area contributed by atoms with Crippen LogP contribution in [0.3, 0.4) is 0 Å². The lowest BCUT2D eigenvalue weighted by Gasteiger charge is -2.15. The summed E-state index contributed by atoms with van der Waals surface area (Å²) in [5, 5.41) is 11.9. The molecule has 176 valence electrons. The molecule has 0 unspecified atom stereocenters. The van der Waals surface area contributed by atoms with Crippen LogP contribution in [-0.2, 0) is 16.0 Å². The maximum absolute atomic E-state index is 12.6. The van der Waals surface area contributed by atoms with E-state index in [0.717, 1.165) is 27.8 Å². The summed E-state index contributed by atoms with van der Waals surface area (Å²) in [6, 6.07) is 21.1. The van der Waals surface area contributed by atoms with Gasteiger partial charge in [-0.15, -0.1) is 0 Å². The van der Waals surface area contributed by atoms with Gasteiger partial charge in [-0.1, -0.05) is 60.7 Å². The van der Waals surface area contributed by atoms with Gasteiger partial charge in [0.25, 0.3) is 5.91 Å². The summed E-state index contributed by atoms with van der Waals surface area (Å²) in [6.07, 6.45) is 3.06. The largest absolute Gasteiger partial charge is 0.478 e. The van der Waals surface area contributed by atoms with Crippen LogP contribution < -0.4 is 10.2 Å². The van der Waals surface area contributed by atoms with Crippen LogP contribution in [0, 0.1) is 0 Å². The molecule has 3 aromatic rings. The molecular formula is C28H24N2O5. The van der Waals surface area contributed by atoms with Crippen LogP contribution in [0.1, 0.15) is 33.0 Å². The van der Waals surface area contributed by atoms with Gasteiger partial charge in [-0.05, 0) is 46.4 Å². The molecule has 0 radical (unpaired) electrons. The number of alkyl carbamates (subject to hydrolysis) is 1. The van der Waals surface area contributed by atoms with Crippen molar-refractivity contribution in [2.24, 2.45) is 0 Å². The van der Waals surface area contributed by atoms with Gasteiger partial charge in [0.15, 0.2) is 0 Å². The van der Waals surface area contributed by atoms with Gasteiger partial charge in [0.05, 0.1) is 5.56 Å². The van der Waals surface area contributed by atoms with Crippen molar-refractivity contribution in [3.63, 3.8) is 0 Å². The molecular weight excluding hydrogens is 444 g/mol. The first-order chi connectivity index (χ1) is 17.0. The second-order valence-corrected chi connectivity index (χ2v) is 8.50. The molecule has 7 heteroatoms. The van der Waals surface area contributed by atoms with E-state index >= 15 is 0 Å². The molecule has 0 saturated heterocycles. The first-order valence-corrected chi connectivity index (χ1v) is 11.5. The minimum absolute atomic E-state index is 0.0174. The number of carboxylic acid groups (broad SMARTS) is 1. The first-order valence-electron chi connectivity index (χ1n) is 11.5. The summed E-state index contributed by atoms with van der Waals surface area (Å²) in [7, 11) is 0.